The van der Waals surface area contributed by atoms with Crippen LogP contribution in [-0.4, -0.2) is 43.7 Å². The average Bonchev–Trinajstić information content (AvgIpc) is 3.25. The first kappa shape index (κ1) is 20.6. The van der Waals surface area contributed by atoms with E-state index < -0.39 is 11.8 Å². The summed E-state index contributed by atoms with van der Waals surface area (Å²) < 4.78 is 5.17. The summed E-state index contributed by atoms with van der Waals surface area (Å²) in [6.45, 7) is 1.30. The first-order valence-electron chi connectivity index (χ1n) is 9.72. The Morgan fingerprint density at radius 2 is 1.75 bits per heavy atom. The third kappa shape index (κ3) is 3.99. The van der Waals surface area contributed by atoms with E-state index in [4.69, 9.17) is 21.1 Å². The number of nitrogens with zero attached hydrogens (tertiary/aromatic N) is 4. The van der Waals surface area contributed by atoms with Crippen molar-refractivity contribution in [3.63, 3.8) is 0 Å². The van der Waals surface area contributed by atoms with Gasteiger partial charge in [0.1, 0.15) is 12.3 Å². The summed E-state index contributed by atoms with van der Waals surface area (Å²) >= 11 is 0. The first-order chi connectivity index (χ1) is 15.5. The summed E-state index contributed by atoms with van der Waals surface area (Å²) in [7, 11) is 0. The Hall–Kier alpha value is -4.65. The number of carbonyl (C=O) groups excluding carboxylic acids is 2. The van der Waals surface area contributed by atoms with Crippen LogP contribution in [-0.2, 0) is 14.3 Å². The maximum Gasteiger partial charge on any atom is 0.289 e. The highest BCUT2D eigenvalue weighted by atomic mass is 16.5. The second kappa shape index (κ2) is 8.61. The number of anilines is 3. The van der Waals surface area contributed by atoms with Gasteiger partial charge in [0, 0.05) is 23.3 Å². The van der Waals surface area contributed by atoms with Crippen LogP contribution in [0, 0.1) is 16.7 Å². The van der Waals surface area contributed by atoms with E-state index in [0.717, 1.165) is 5.69 Å². The molecule has 0 aliphatic carbocycles. The number of hydrogen-bond acceptors (Lipinski definition) is 7. The van der Waals surface area contributed by atoms with Crippen LogP contribution in [0.2, 0.25) is 0 Å². The Kier molecular flexibility index (Phi) is 5.55. The van der Waals surface area contributed by atoms with Crippen molar-refractivity contribution < 1.29 is 14.3 Å². The molecule has 4 rings (SSSR count). The molecular weight excluding hydrogens is 410 g/mol. The molecule has 2 aliphatic heterocycles. The molecule has 2 heterocycles. The van der Waals surface area contributed by atoms with E-state index in [9.17, 15) is 9.59 Å². The second-order valence-corrected chi connectivity index (χ2v) is 6.95. The Balaban J connectivity index is 1.61. The van der Waals surface area contributed by atoms with Gasteiger partial charge in [-0.05, 0) is 48.5 Å². The number of ether oxygens (including phenoxy) is 1. The summed E-state index contributed by atoms with van der Waals surface area (Å²) in [5.74, 6) is -1.38. The molecule has 10 heteroatoms. The Bertz CT molecular complexity index is 1180. The number of hydrogen-bond donors (Lipinski definition) is 3. The zero-order valence-electron chi connectivity index (χ0n) is 16.9. The fourth-order valence-corrected chi connectivity index (χ4v) is 3.43. The number of carbonyl (C=O) groups is 2. The van der Waals surface area contributed by atoms with Crippen molar-refractivity contribution in [3.05, 3.63) is 65.5 Å². The van der Waals surface area contributed by atoms with Crippen LogP contribution in [0.5, 0.6) is 0 Å². The Labute approximate surface area is 183 Å². The van der Waals surface area contributed by atoms with Crippen molar-refractivity contribution in [2.75, 3.05) is 34.8 Å². The Morgan fingerprint density at radius 3 is 2.31 bits per heavy atom. The number of amides is 2. The lowest BCUT2D eigenvalue weighted by molar-refractivity contribution is -0.116. The molecule has 160 valence electrons. The lowest BCUT2D eigenvalue weighted by Crippen LogP contribution is -2.38. The van der Waals surface area contributed by atoms with Gasteiger partial charge < -0.3 is 20.7 Å². The van der Waals surface area contributed by atoms with E-state index in [-0.39, 0.29) is 24.0 Å². The minimum Gasteiger partial charge on any atom is -0.463 e. The predicted molar refractivity (Wildman–Crippen MR) is 119 cm³/mol. The topological polar surface area (TPSA) is 148 Å². The minimum absolute atomic E-state index is 0.0244. The maximum absolute atomic E-state index is 12.9. The van der Waals surface area contributed by atoms with E-state index in [2.05, 4.69) is 10.3 Å². The van der Waals surface area contributed by atoms with E-state index in [1.165, 1.54) is 6.21 Å². The molecular formula is C22H19N7O3. The molecule has 0 unspecified atom stereocenters. The standard InChI is InChI=1S/C22H19N7O3/c23-13-14-1-3-15(4-2-14)27-21(31)18-19(20(24)30)28(10-9-26-18)16-5-7-17(8-6-16)29-11-12-32-22(29)25/h1-9,25H,10-12H2,(H2,24,30)(H,27,31). The van der Waals surface area contributed by atoms with Crippen molar-refractivity contribution >= 4 is 41.1 Å². The fourth-order valence-electron chi connectivity index (χ4n) is 3.43. The molecule has 0 atom stereocenters. The van der Waals surface area contributed by atoms with Crippen molar-refractivity contribution in [3.8, 4) is 6.07 Å². The molecule has 0 aromatic heterocycles. The average molecular weight is 429 g/mol. The van der Waals surface area contributed by atoms with Gasteiger partial charge in [-0.25, -0.2) is 0 Å². The summed E-state index contributed by atoms with van der Waals surface area (Å²) in [4.78, 5) is 32.6. The monoisotopic (exact) mass is 429 g/mol. The van der Waals surface area contributed by atoms with E-state index in [1.807, 2.05) is 6.07 Å². The number of nitrogens with two attached hydrogens (primary N) is 1. The molecule has 32 heavy (non-hydrogen) atoms. The number of rotatable bonds is 5. The van der Waals surface area contributed by atoms with Crippen LogP contribution in [0.4, 0.5) is 17.1 Å². The zero-order valence-corrected chi connectivity index (χ0v) is 16.9. The fraction of sp³-hybridized carbons (Fsp3) is 0.136. The highest BCUT2D eigenvalue weighted by molar-refractivity contribution is 6.12. The molecule has 4 N–H and O–H groups in total. The van der Waals surface area contributed by atoms with Gasteiger partial charge in [-0.2, -0.15) is 5.26 Å². The van der Waals surface area contributed by atoms with Crippen LogP contribution < -0.4 is 20.9 Å². The number of nitriles is 1. The third-order valence-electron chi connectivity index (χ3n) is 4.97. The third-order valence-corrected chi connectivity index (χ3v) is 4.97. The molecule has 10 nitrogen and oxygen atoms in total. The lowest BCUT2D eigenvalue weighted by Gasteiger charge is -2.28. The summed E-state index contributed by atoms with van der Waals surface area (Å²) in [5, 5.41) is 19.4. The molecule has 0 bridgehead atoms. The molecule has 1 fully saturated rings. The minimum atomic E-state index is -0.786. The van der Waals surface area contributed by atoms with Crippen molar-refractivity contribution in [2.45, 2.75) is 0 Å². The van der Waals surface area contributed by atoms with Crippen molar-refractivity contribution in [1.82, 2.24) is 0 Å². The van der Waals surface area contributed by atoms with Gasteiger partial charge in [0.25, 0.3) is 17.8 Å². The molecule has 0 saturated carbocycles. The highest BCUT2D eigenvalue weighted by Crippen LogP contribution is 2.28. The summed E-state index contributed by atoms with van der Waals surface area (Å²) in [6.07, 6.45) is 1.53. The SMILES string of the molecule is N#Cc1ccc(NC(=O)C2=C(C(N)=O)N(c3ccc(N4CCOC4=N)cc3)CC=N2)cc1. The van der Waals surface area contributed by atoms with E-state index in [0.29, 0.717) is 30.1 Å². The first-order valence-corrected chi connectivity index (χ1v) is 9.72. The van der Waals surface area contributed by atoms with Crippen LogP contribution in [0.3, 0.4) is 0 Å². The normalized spacial score (nSPS) is 15.4. The van der Waals surface area contributed by atoms with Gasteiger partial charge in [0.15, 0.2) is 5.70 Å². The molecule has 2 aromatic rings. The molecule has 0 spiro atoms. The molecule has 1 saturated heterocycles. The molecule has 2 aromatic carbocycles. The highest BCUT2D eigenvalue weighted by Gasteiger charge is 2.28. The van der Waals surface area contributed by atoms with E-state index >= 15 is 0 Å². The maximum atomic E-state index is 12.9. The summed E-state index contributed by atoms with van der Waals surface area (Å²) in [6, 6.07) is 15.6. The van der Waals surface area contributed by atoms with Crippen LogP contribution >= 0.6 is 0 Å². The Morgan fingerprint density at radius 1 is 1.09 bits per heavy atom. The number of aliphatic imine (C=N–C) groups is 1. The van der Waals surface area contributed by atoms with Gasteiger partial charge in [0.2, 0.25) is 0 Å². The number of amidine groups is 1. The number of nitrogens with one attached hydrogen (secondary N) is 2. The van der Waals surface area contributed by atoms with Crippen LogP contribution in [0.15, 0.2) is 64.9 Å². The van der Waals surface area contributed by atoms with Gasteiger partial charge >= 0.3 is 0 Å². The van der Waals surface area contributed by atoms with Gasteiger partial charge in [0.05, 0.1) is 24.7 Å². The van der Waals surface area contributed by atoms with Gasteiger partial charge in [-0.1, -0.05) is 0 Å². The van der Waals surface area contributed by atoms with Crippen molar-refractivity contribution in [2.24, 2.45) is 10.7 Å². The number of primary amides is 1. The number of benzene rings is 2. The van der Waals surface area contributed by atoms with Gasteiger partial charge in [-0.15, -0.1) is 0 Å². The predicted octanol–water partition coefficient (Wildman–Crippen LogP) is 1.56. The summed E-state index contributed by atoms with van der Waals surface area (Å²) in [5.41, 5.74) is 7.83. The van der Waals surface area contributed by atoms with Crippen LogP contribution in [0.25, 0.3) is 0 Å². The second-order valence-electron chi connectivity index (χ2n) is 6.95. The lowest BCUT2D eigenvalue weighted by atomic mass is 10.1. The van der Waals surface area contributed by atoms with Crippen LogP contribution in [0.1, 0.15) is 5.56 Å². The quantitative estimate of drug-likeness (QED) is 0.657. The van der Waals surface area contributed by atoms with Crippen molar-refractivity contribution in [1.29, 1.82) is 10.7 Å². The molecule has 0 radical (unpaired) electrons. The van der Waals surface area contributed by atoms with Gasteiger partial charge in [-0.3, -0.25) is 24.9 Å². The zero-order chi connectivity index (χ0) is 22.7. The molecule has 2 aliphatic rings. The largest absolute Gasteiger partial charge is 0.463 e. The smallest absolute Gasteiger partial charge is 0.289 e. The van der Waals surface area contributed by atoms with E-state index in [1.54, 1.807) is 58.3 Å². The molecule has 2 amide bonds.